The quantitative estimate of drug-likeness (QED) is 0.476. The van der Waals surface area contributed by atoms with Crippen molar-refractivity contribution in [3.05, 3.63) is 62.6 Å². The molecule has 8 nitrogen and oxygen atoms in total. The number of halogens is 1. The van der Waals surface area contributed by atoms with Crippen LogP contribution in [0.25, 0.3) is 0 Å². The van der Waals surface area contributed by atoms with Crippen LogP contribution in [0.2, 0.25) is 0 Å². The highest BCUT2D eigenvalue weighted by molar-refractivity contribution is 9.10. The first-order chi connectivity index (χ1) is 13.3. The number of piperazine rings is 1. The molecule has 0 radical (unpaired) electrons. The summed E-state index contributed by atoms with van der Waals surface area (Å²) in [5.74, 6) is 0.776. The van der Waals surface area contributed by atoms with Crippen molar-refractivity contribution in [2.45, 2.75) is 11.4 Å². The molecular weight excluding hydrogens is 450 g/mol. The van der Waals surface area contributed by atoms with E-state index < -0.39 is 20.6 Å². The van der Waals surface area contributed by atoms with E-state index in [0.29, 0.717) is 19.6 Å². The summed E-state index contributed by atoms with van der Waals surface area (Å²) in [5.41, 5.74) is 0.607. The minimum absolute atomic E-state index is 0.262. The highest BCUT2D eigenvalue weighted by atomic mass is 79.9. The van der Waals surface area contributed by atoms with Gasteiger partial charge >= 0.3 is 0 Å². The van der Waals surface area contributed by atoms with Gasteiger partial charge in [0.25, 0.3) is 5.69 Å². The maximum absolute atomic E-state index is 12.9. The summed E-state index contributed by atoms with van der Waals surface area (Å²) in [7, 11) is -2.31. The Morgan fingerprint density at radius 1 is 1.14 bits per heavy atom. The summed E-state index contributed by atoms with van der Waals surface area (Å²) < 4.78 is 33.4. The van der Waals surface area contributed by atoms with Crippen molar-refractivity contribution < 1.29 is 18.1 Å². The molecule has 2 aromatic carbocycles. The number of para-hydroxylation sites is 1. The first-order valence-corrected chi connectivity index (χ1v) is 10.8. The van der Waals surface area contributed by atoms with Crippen LogP contribution in [0, 0.1) is 10.1 Å². The molecule has 1 saturated heterocycles. The molecular formula is C18H20BrN3O5S. The lowest BCUT2D eigenvalue weighted by atomic mass is 10.2. The van der Waals surface area contributed by atoms with E-state index in [9.17, 15) is 18.5 Å². The molecule has 0 aromatic heterocycles. The Labute approximate surface area is 172 Å². The summed E-state index contributed by atoms with van der Waals surface area (Å²) in [6, 6.07) is 11.2. The van der Waals surface area contributed by atoms with Gasteiger partial charge in [-0.25, -0.2) is 8.42 Å². The van der Waals surface area contributed by atoms with E-state index >= 15 is 0 Å². The van der Waals surface area contributed by atoms with E-state index in [4.69, 9.17) is 4.74 Å². The molecule has 0 atom stereocenters. The lowest BCUT2D eigenvalue weighted by molar-refractivity contribution is -0.387. The van der Waals surface area contributed by atoms with E-state index in [1.54, 1.807) is 7.11 Å². The number of nitrogens with zero attached hydrogens (tertiary/aromatic N) is 3. The number of nitro groups is 1. The maximum Gasteiger partial charge on any atom is 0.289 e. The van der Waals surface area contributed by atoms with Gasteiger partial charge in [-0.1, -0.05) is 28.1 Å². The SMILES string of the molecule is COc1ccc(Br)cc1CN1CCN(S(=O)(=O)c2ccccc2[N+](=O)[O-])CC1. The van der Waals surface area contributed by atoms with Gasteiger partial charge in [-0.3, -0.25) is 15.0 Å². The predicted molar refractivity (Wildman–Crippen MR) is 108 cm³/mol. The fraction of sp³-hybridized carbons (Fsp3) is 0.333. The molecule has 10 heteroatoms. The van der Waals surface area contributed by atoms with Crippen LogP contribution < -0.4 is 4.74 Å². The molecule has 150 valence electrons. The van der Waals surface area contributed by atoms with Crippen molar-refractivity contribution in [3.63, 3.8) is 0 Å². The molecule has 3 rings (SSSR count). The van der Waals surface area contributed by atoms with Gasteiger partial charge in [-0.15, -0.1) is 0 Å². The zero-order valence-corrected chi connectivity index (χ0v) is 17.6. The highest BCUT2D eigenvalue weighted by Crippen LogP contribution is 2.28. The van der Waals surface area contributed by atoms with Gasteiger partial charge in [0, 0.05) is 48.8 Å². The minimum atomic E-state index is -3.92. The molecule has 0 saturated carbocycles. The van der Waals surface area contributed by atoms with Crippen molar-refractivity contribution >= 4 is 31.6 Å². The van der Waals surface area contributed by atoms with E-state index in [1.807, 2.05) is 18.2 Å². The van der Waals surface area contributed by atoms with E-state index in [1.165, 1.54) is 28.6 Å². The lowest BCUT2D eigenvalue weighted by Gasteiger charge is -2.34. The number of rotatable bonds is 6. The molecule has 0 aliphatic carbocycles. The van der Waals surface area contributed by atoms with Crippen LogP contribution in [-0.2, 0) is 16.6 Å². The molecule has 1 aliphatic heterocycles. The van der Waals surface area contributed by atoms with E-state index in [0.717, 1.165) is 15.8 Å². The van der Waals surface area contributed by atoms with Crippen LogP contribution in [-0.4, -0.2) is 55.8 Å². The summed E-state index contributed by atoms with van der Waals surface area (Å²) in [5, 5.41) is 11.2. The number of nitro benzene ring substituents is 1. The minimum Gasteiger partial charge on any atom is -0.496 e. The maximum atomic E-state index is 12.9. The van der Waals surface area contributed by atoms with Gasteiger partial charge in [-0.2, -0.15) is 4.31 Å². The second-order valence-electron chi connectivity index (χ2n) is 6.36. The zero-order chi connectivity index (χ0) is 20.3. The smallest absolute Gasteiger partial charge is 0.289 e. The normalized spacial score (nSPS) is 16.1. The van der Waals surface area contributed by atoms with Crippen molar-refractivity contribution in [3.8, 4) is 5.75 Å². The van der Waals surface area contributed by atoms with Gasteiger partial charge in [0.05, 0.1) is 12.0 Å². The second kappa shape index (κ2) is 8.56. The van der Waals surface area contributed by atoms with Gasteiger partial charge in [0.1, 0.15) is 5.75 Å². The van der Waals surface area contributed by atoms with Crippen molar-refractivity contribution in [2.24, 2.45) is 0 Å². The molecule has 0 bridgehead atoms. The Kier molecular flexibility index (Phi) is 6.33. The Balaban J connectivity index is 1.72. The fourth-order valence-electron chi connectivity index (χ4n) is 3.20. The average molecular weight is 470 g/mol. The number of hydrogen-bond donors (Lipinski definition) is 0. The summed E-state index contributed by atoms with van der Waals surface area (Å²) >= 11 is 3.45. The number of benzene rings is 2. The molecule has 1 aliphatic rings. The largest absolute Gasteiger partial charge is 0.496 e. The third-order valence-electron chi connectivity index (χ3n) is 4.65. The van der Waals surface area contributed by atoms with Crippen LogP contribution >= 0.6 is 15.9 Å². The molecule has 1 fully saturated rings. The Hall–Kier alpha value is -2.01. The number of ether oxygens (including phenoxy) is 1. The molecule has 28 heavy (non-hydrogen) atoms. The van der Waals surface area contributed by atoms with Crippen LogP contribution in [0.5, 0.6) is 5.75 Å². The summed E-state index contributed by atoms with van der Waals surface area (Å²) in [4.78, 5) is 12.4. The fourth-order valence-corrected chi connectivity index (χ4v) is 5.19. The third kappa shape index (κ3) is 4.35. The molecule has 0 unspecified atom stereocenters. The van der Waals surface area contributed by atoms with Crippen molar-refractivity contribution in [2.75, 3.05) is 33.3 Å². The van der Waals surface area contributed by atoms with E-state index in [-0.39, 0.29) is 18.0 Å². The zero-order valence-electron chi connectivity index (χ0n) is 15.2. The first-order valence-electron chi connectivity index (χ1n) is 8.61. The number of sulfonamides is 1. The topological polar surface area (TPSA) is 93.0 Å². The standard InChI is InChI=1S/C18H20BrN3O5S/c1-27-17-7-6-15(19)12-14(17)13-20-8-10-21(11-9-20)28(25,26)18-5-3-2-4-16(18)22(23)24/h2-7,12H,8-11,13H2,1H3. The molecule has 0 spiro atoms. The van der Waals surface area contributed by atoms with Crippen molar-refractivity contribution in [1.29, 1.82) is 0 Å². The monoisotopic (exact) mass is 469 g/mol. The van der Waals surface area contributed by atoms with Gasteiger partial charge in [0.15, 0.2) is 4.90 Å². The van der Waals surface area contributed by atoms with Crippen LogP contribution in [0.15, 0.2) is 51.8 Å². The van der Waals surface area contributed by atoms with Crippen LogP contribution in [0.4, 0.5) is 5.69 Å². The Morgan fingerprint density at radius 3 is 2.46 bits per heavy atom. The molecule has 0 N–H and O–H groups in total. The van der Waals surface area contributed by atoms with Crippen LogP contribution in [0.3, 0.4) is 0 Å². The second-order valence-corrected chi connectivity index (χ2v) is 9.18. The third-order valence-corrected chi connectivity index (χ3v) is 7.09. The summed E-state index contributed by atoms with van der Waals surface area (Å²) in [6.07, 6.45) is 0. The van der Waals surface area contributed by atoms with Gasteiger partial charge < -0.3 is 4.74 Å². The Morgan fingerprint density at radius 2 is 1.82 bits per heavy atom. The lowest BCUT2D eigenvalue weighted by Crippen LogP contribution is -2.48. The van der Waals surface area contributed by atoms with Crippen molar-refractivity contribution in [1.82, 2.24) is 9.21 Å². The Bertz CT molecular complexity index is 975. The average Bonchev–Trinajstić information content (AvgIpc) is 2.68. The van der Waals surface area contributed by atoms with Gasteiger partial charge in [-0.05, 0) is 24.3 Å². The number of methoxy groups -OCH3 is 1. The van der Waals surface area contributed by atoms with Crippen LogP contribution in [0.1, 0.15) is 5.56 Å². The number of hydrogen-bond acceptors (Lipinski definition) is 6. The molecule has 0 amide bonds. The summed E-state index contributed by atoms with van der Waals surface area (Å²) in [6.45, 7) is 2.21. The predicted octanol–water partition coefficient (Wildman–Crippen LogP) is 2.87. The molecule has 1 heterocycles. The van der Waals surface area contributed by atoms with Gasteiger partial charge in [0.2, 0.25) is 10.0 Å². The highest BCUT2D eigenvalue weighted by Gasteiger charge is 2.33. The van der Waals surface area contributed by atoms with E-state index in [2.05, 4.69) is 20.8 Å². The molecule has 2 aromatic rings. The first kappa shape index (κ1) is 20.7.